The fourth-order valence-corrected chi connectivity index (χ4v) is 7.16. The quantitative estimate of drug-likeness (QED) is 0.344. The summed E-state index contributed by atoms with van der Waals surface area (Å²) in [7, 11) is 0. The lowest BCUT2D eigenvalue weighted by molar-refractivity contribution is -0.186. The zero-order valence-corrected chi connectivity index (χ0v) is 20.0. The van der Waals surface area contributed by atoms with Crippen LogP contribution in [0, 0.1) is 16.7 Å². The molecule has 6 nitrogen and oxygen atoms in total. The van der Waals surface area contributed by atoms with Crippen molar-refractivity contribution in [2.24, 2.45) is 16.7 Å². The Labute approximate surface area is 195 Å². The second-order valence-electron chi connectivity index (χ2n) is 10.6. The molecule has 2 N–H and O–H groups in total. The minimum Gasteiger partial charge on any atom is -0.450 e. The first-order chi connectivity index (χ1) is 15.6. The monoisotopic (exact) mass is 456 g/mol. The lowest BCUT2D eigenvalue weighted by atomic mass is 9.52. The van der Waals surface area contributed by atoms with Gasteiger partial charge < -0.3 is 14.9 Å². The van der Waals surface area contributed by atoms with Crippen LogP contribution in [-0.4, -0.2) is 46.1 Å². The molecule has 180 valence electrons. The molecule has 4 aliphatic carbocycles. The molecule has 0 spiro atoms. The van der Waals surface area contributed by atoms with E-state index in [1.165, 1.54) is 0 Å². The predicted molar refractivity (Wildman–Crippen MR) is 123 cm³/mol. The number of ketones is 2. The maximum Gasteiger partial charge on any atom is 0.306 e. The molecule has 0 aromatic heterocycles. The number of aliphatic hydroxyl groups is 2. The van der Waals surface area contributed by atoms with Crippen LogP contribution in [0.3, 0.4) is 0 Å². The van der Waals surface area contributed by atoms with Crippen molar-refractivity contribution in [3.63, 3.8) is 0 Å². The van der Waals surface area contributed by atoms with E-state index in [1.54, 1.807) is 12.2 Å². The van der Waals surface area contributed by atoms with Crippen molar-refractivity contribution in [2.45, 2.75) is 90.3 Å². The Morgan fingerprint density at radius 3 is 2.67 bits per heavy atom. The number of aliphatic hydroxyl groups excluding tert-OH is 2. The van der Waals surface area contributed by atoms with Crippen LogP contribution in [0.15, 0.2) is 34.9 Å². The summed E-state index contributed by atoms with van der Waals surface area (Å²) in [5.41, 5.74) is 0.361. The molecule has 1 fully saturated rings. The fraction of sp³-hybridized carbons (Fsp3) is 0.667. The summed E-state index contributed by atoms with van der Waals surface area (Å²) in [4.78, 5) is 37.9. The molecule has 4 rings (SSSR count). The zero-order chi connectivity index (χ0) is 24.0. The number of ether oxygens (including phenoxy) is 1. The van der Waals surface area contributed by atoms with Crippen LogP contribution in [0.4, 0.5) is 0 Å². The number of hydrogen-bond donors (Lipinski definition) is 2. The third-order valence-corrected chi connectivity index (χ3v) is 8.85. The second kappa shape index (κ2) is 8.62. The van der Waals surface area contributed by atoms with Gasteiger partial charge in [0.05, 0.1) is 6.10 Å². The highest BCUT2D eigenvalue weighted by Crippen LogP contribution is 2.65. The van der Waals surface area contributed by atoms with Crippen molar-refractivity contribution < 1.29 is 29.3 Å². The summed E-state index contributed by atoms with van der Waals surface area (Å²) in [5.74, 6) is -0.932. The molecular weight excluding hydrogens is 420 g/mol. The summed E-state index contributed by atoms with van der Waals surface area (Å²) >= 11 is 0. The molecule has 1 unspecified atom stereocenters. The van der Waals surface area contributed by atoms with Gasteiger partial charge in [-0.1, -0.05) is 43.9 Å². The fourth-order valence-electron chi connectivity index (χ4n) is 7.16. The van der Waals surface area contributed by atoms with Crippen molar-refractivity contribution in [3.05, 3.63) is 34.9 Å². The molecule has 0 radical (unpaired) electrons. The highest BCUT2D eigenvalue weighted by Gasteiger charge is 2.67. The van der Waals surface area contributed by atoms with Crippen LogP contribution < -0.4 is 0 Å². The van der Waals surface area contributed by atoms with Crippen molar-refractivity contribution >= 4 is 17.5 Å². The molecule has 0 aliphatic heterocycles. The van der Waals surface area contributed by atoms with Gasteiger partial charge in [0.2, 0.25) is 5.78 Å². The van der Waals surface area contributed by atoms with Crippen molar-refractivity contribution in [3.8, 4) is 0 Å². The van der Waals surface area contributed by atoms with Gasteiger partial charge >= 0.3 is 5.97 Å². The molecular formula is C27H36O6. The second-order valence-corrected chi connectivity index (χ2v) is 10.6. The van der Waals surface area contributed by atoms with E-state index in [1.807, 2.05) is 13.0 Å². The van der Waals surface area contributed by atoms with Gasteiger partial charge in [0.15, 0.2) is 11.4 Å². The molecule has 0 aromatic carbocycles. The van der Waals surface area contributed by atoms with Gasteiger partial charge in [-0.2, -0.15) is 0 Å². The molecule has 6 heteroatoms. The largest absolute Gasteiger partial charge is 0.450 e. The first-order valence-electron chi connectivity index (χ1n) is 12.3. The Balaban J connectivity index is 1.74. The normalized spacial score (nSPS) is 37.2. The average Bonchev–Trinajstić information content (AvgIpc) is 3.06. The number of Topliss-reactive ketones (excluding diaryl/α,β-unsaturated/α-hetero) is 1. The van der Waals surface area contributed by atoms with E-state index in [0.29, 0.717) is 25.7 Å². The number of fused-ring (bicyclic) bond motifs is 4. The molecule has 0 bridgehead atoms. The number of esters is 1. The molecule has 33 heavy (non-hydrogen) atoms. The van der Waals surface area contributed by atoms with Gasteiger partial charge in [0, 0.05) is 17.3 Å². The Bertz CT molecular complexity index is 958. The average molecular weight is 457 g/mol. The summed E-state index contributed by atoms with van der Waals surface area (Å²) in [6, 6.07) is 0. The van der Waals surface area contributed by atoms with Crippen LogP contribution in [-0.2, 0) is 19.1 Å². The lowest BCUT2D eigenvalue weighted by Crippen LogP contribution is -2.58. The van der Waals surface area contributed by atoms with E-state index < -0.39 is 40.9 Å². The molecule has 5 atom stereocenters. The third kappa shape index (κ3) is 3.57. The first kappa shape index (κ1) is 24.1. The number of hydrogen-bond acceptors (Lipinski definition) is 6. The summed E-state index contributed by atoms with van der Waals surface area (Å²) in [6.45, 7) is 5.36. The van der Waals surface area contributed by atoms with Crippen molar-refractivity contribution in [2.75, 3.05) is 6.61 Å². The molecule has 0 aromatic rings. The Kier molecular flexibility index (Phi) is 6.29. The van der Waals surface area contributed by atoms with E-state index in [-0.39, 0.29) is 24.5 Å². The highest BCUT2D eigenvalue weighted by atomic mass is 16.6. The van der Waals surface area contributed by atoms with Gasteiger partial charge in [-0.05, 0) is 69.1 Å². The van der Waals surface area contributed by atoms with E-state index >= 15 is 0 Å². The van der Waals surface area contributed by atoms with Crippen LogP contribution in [0.1, 0.15) is 78.6 Å². The SMILES string of the molecule is CCCCCC(=O)O[C@]1(C(=O)CO)CC[C@H]2C3=C(C(O)C[C@@]21C)[C@@]1(C)C=CC(=O)C=C1CC3. The van der Waals surface area contributed by atoms with E-state index in [0.717, 1.165) is 36.0 Å². The predicted octanol–water partition coefficient (Wildman–Crippen LogP) is 3.75. The Morgan fingerprint density at radius 2 is 1.97 bits per heavy atom. The number of carbonyl (C=O) groups excluding carboxylic acids is 3. The maximum absolute atomic E-state index is 13.2. The molecule has 4 aliphatic rings. The lowest BCUT2D eigenvalue weighted by Gasteiger charge is -2.53. The van der Waals surface area contributed by atoms with Crippen LogP contribution in [0.5, 0.6) is 0 Å². The molecule has 1 saturated carbocycles. The molecule has 0 amide bonds. The van der Waals surface area contributed by atoms with Crippen LogP contribution >= 0.6 is 0 Å². The minimum atomic E-state index is -1.43. The van der Waals surface area contributed by atoms with Gasteiger partial charge in [-0.15, -0.1) is 0 Å². The summed E-state index contributed by atoms with van der Waals surface area (Å²) in [5, 5.41) is 21.3. The zero-order valence-electron chi connectivity index (χ0n) is 20.0. The van der Waals surface area contributed by atoms with Gasteiger partial charge in [-0.3, -0.25) is 14.4 Å². The number of allylic oxidation sites excluding steroid dienone is 5. The number of unbranched alkanes of at least 4 members (excludes halogenated alkanes) is 2. The molecule has 0 saturated heterocycles. The van der Waals surface area contributed by atoms with Gasteiger partial charge in [-0.25, -0.2) is 0 Å². The van der Waals surface area contributed by atoms with Gasteiger partial charge in [0.25, 0.3) is 0 Å². The summed E-state index contributed by atoms with van der Waals surface area (Å²) < 4.78 is 5.99. The smallest absolute Gasteiger partial charge is 0.306 e. The summed E-state index contributed by atoms with van der Waals surface area (Å²) in [6.07, 6.45) is 9.91. The topological polar surface area (TPSA) is 101 Å². The number of rotatable bonds is 7. The first-order valence-corrected chi connectivity index (χ1v) is 12.3. The van der Waals surface area contributed by atoms with E-state index in [2.05, 4.69) is 13.8 Å². The van der Waals surface area contributed by atoms with E-state index in [4.69, 9.17) is 4.74 Å². The Hall–Kier alpha value is -2.05. The van der Waals surface area contributed by atoms with Crippen molar-refractivity contribution in [1.29, 1.82) is 0 Å². The van der Waals surface area contributed by atoms with Crippen LogP contribution in [0.2, 0.25) is 0 Å². The standard InChI is InChI=1S/C27H36O6/c1-4-5-6-7-23(32)33-27(22(31)16-28)13-11-20-19-9-8-17-14-18(29)10-12-25(17,2)24(19)21(30)15-26(20,27)3/h10,12,14,20-21,28,30H,4-9,11,13,15-16H2,1-3H3/t20-,21?,25-,26-,27-/m0/s1. The molecule has 0 heterocycles. The third-order valence-electron chi connectivity index (χ3n) is 8.85. The Morgan fingerprint density at radius 1 is 1.21 bits per heavy atom. The maximum atomic E-state index is 13.2. The van der Waals surface area contributed by atoms with Gasteiger partial charge in [0.1, 0.15) is 6.61 Å². The minimum absolute atomic E-state index is 0.0231. The van der Waals surface area contributed by atoms with E-state index in [9.17, 15) is 24.6 Å². The van der Waals surface area contributed by atoms with Crippen molar-refractivity contribution in [1.82, 2.24) is 0 Å². The van der Waals surface area contributed by atoms with Crippen LogP contribution in [0.25, 0.3) is 0 Å². The number of carbonyl (C=O) groups is 3. The highest BCUT2D eigenvalue weighted by molar-refractivity contribution is 6.01.